The molecule has 0 radical (unpaired) electrons. The van der Waals surface area contributed by atoms with Crippen molar-refractivity contribution in [2.24, 2.45) is 10.8 Å². The number of hydrogen-bond acceptors (Lipinski definition) is 22. The van der Waals surface area contributed by atoms with Gasteiger partial charge < -0.3 is 92.3 Å². The number of fused-ring (bicyclic) bond motifs is 2. The van der Waals surface area contributed by atoms with Crippen molar-refractivity contribution in [2.45, 2.75) is 277 Å². The first-order valence-electron chi connectivity index (χ1n) is 39.7. The summed E-state index contributed by atoms with van der Waals surface area (Å²) in [7, 11) is 0.181. The number of carbonyl (C=O) groups is 4. The fraction of sp³-hybridized carbons (Fsp3) is 0.659. The van der Waals surface area contributed by atoms with Crippen LogP contribution in [0.2, 0.25) is 0 Å². The number of nitrogens with zero attached hydrogens (tertiary/aromatic N) is 2. The van der Waals surface area contributed by atoms with Gasteiger partial charge in [-0.1, -0.05) is 155 Å². The zero-order valence-corrected chi connectivity index (χ0v) is 67.6. The van der Waals surface area contributed by atoms with Gasteiger partial charge in [-0.15, -0.1) is 0 Å². The molecule has 0 fully saturated rings. The minimum absolute atomic E-state index is 0.110. The molecular formula is C82H130N6O20S2. The average molecular weight is 1580 g/mol. The third-order valence-corrected chi connectivity index (χ3v) is 26.0. The van der Waals surface area contributed by atoms with E-state index in [2.05, 4.69) is 35.1 Å². The van der Waals surface area contributed by atoms with Gasteiger partial charge in [-0.2, -0.15) is 0 Å². The predicted molar refractivity (Wildman–Crippen MR) is 427 cm³/mol. The summed E-state index contributed by atoms with van der Waals surface area (Å²) in [4.78, 5) is 54.3. The normalized spacial score (nSPS) is 21.4. The molecule has 6 rings (SSSR count). The van der Waals surface area contributed by atoms with Crippen molar-refractivity contribution in [3.8, 4) is 0 Å². The molecule has 0 spiro atoms. The summed E-state index contributed by atoms with van der Waals surface area (Å²) in [5.74, 6) is -3.41. The van der Waals surface area contributed by atoms with Gasteiger partial charge in [0.25, 0.3) is 11.8 Å². The Balaban J connectivity index is 0.000000394. The number of aliphatic hydroxyl groups is 12. The Morgan fingerprint density at radius 2 is 0.773 bits per heavy atom. The van der Waals surface area contributed by atoms with Crippen molar-refractivity contribution in [1.29, 1.82) is 0 Å². The Labute approximate surface area is 652 Å². The molecular weight excluding hydrogens is 1450 g/mol. The number of aliphatic hydroxyl groups excluding tert-OH is 12. The number of benzene rings is 4. The molecule has 14 atom stereocenters. The van der Waals surface area contributed by atoms with Crippen LogP contribution in [-0.4, -0.2) is 229 Å². The second-order valence-electron chi connectivity index (χ2n) is 30.7. The quantitative estimate of drug-likeness (QED) is 0.0194. The number of sulfone groups is 2. The lowest BCUT2D eigenvalue weighted by molar-refractivity contribution is -0.149. The lowest BCUT2D eigenvalue weighted by Gasteiger charge is -2.39. The summed E-state index contributed by atoms with van der Waals surface area (Å²) in [6.07, 6.45) is 3.69. The molecule has 2 aliphatic rings. The molecule has 0 saturated carbocycles. The summed E-state index contributed by atoms with van der Waals surface area (Å²) >= 11 is 0. The zero-order valence-electron chi connectivity index (χ0n) is 66.0. The average Bonchev–Trinajstić information content (AvgIpc) is 1.59. The van der Waals surface area contributed by atoms with E-state index in [1.54, 1.807) is 24.3 Å². The standard InChI is InChI=1S/2C41H65N3O10S/c2*1-5-7-22-41(6-2)27-55(53,54)33-21-20-30(44(3)4)25-31(33)35(39(41)51)28-17-16-18-29(24-28)43-34(47)19-14-12-10-8-9-11-13-15-23-42-40(52)38(50)37(49)36(48)32(46)26-45/h2*16-18,20-21,24-25,32,35-39,45-46,48-51H,5-15,19,22-23,26-27H2,1-4H3,(H,42,52)(H,43,47)/t32-,35+,36-,37-,38-,39+,41+;32-,35-,36-,37-,38-,39-,41+/m11/s1. The van der Waals surface area contributed by atoms with Crippen LogP contribution in [0.4, 0.5) is 22.7 Å². The minimum atomic E-state index is -3.71. The number of nitrogens with one attached hydrogen (secondary N) is 4. The number of unbranched alkanes of at least 4 members (excludes halogenated alkanes) is 16. The first kappa shape index (κ1) is 94.4. The Kier molecular flexibility index (Phi) is 39.7. The molecule has 0 bridgehead atoms. The summed E-state index contributed by atoms with van der Waals surface area (Å²) < 4.78 is 55.8. The van der Waals surface area contributed by atoms with E-state index in [0.29, 0.717) is 73.9 Å². The van der Waals surface area contributed by atoms with E-state index >= 15 is 0 Å². The SMILES string of the molecule is CCCC[C@@]1(CC)CS(=O)(=O)c2ccc(N(C)C)cc2[C@@H](c2cccc(NC(=O)CCCCCCCCCCNC(=O)[C@H](O)[C@H](O)[C@H](O)[C@H](O)CO)c2)[C@H]1O.CCCC[C@@]1(CC)CS(=O)(=O)c2ccc(N(C)C)cc2[C@H](c2cccc(NC(=O)CCCCCCCCCCNC(=O)[C@H](O)[C@H](O)[C@H](O)[C@H](O)CO)c2)[C@@H]1O. The van der Waals surface area contributed by atoms with Gasteiger partial charge in [0.2, 0.25) is 11.8 Å². The highest BCUT2D eigenvalue weighted by Crippen LogP contribution is 2.52. The Morgan fingerprint density at radius 3 is 1.08 bits per heavy atom. The van der Waals surface area contributed by atoms with E-state index < -0.39 is 128 Å². The monoisotopic (exact) mass is 1580 g/mol. The lowest BCUT2D eigenvalue weighted by Crippen LogP contribution is -2.51. The van der Waals surface area contributed by atoms with Crippen molar-refractivity contribution >= 4 is 66.1 Å². The van der Waals surface area contributed by atoms with Gasteiger partial charge >= 0.3 is 0 Å². The molecule has 26 nitrogen and oxygen atoms in total. The van der Waals surface area contributed by atoms with Crippen molar-refractivity contribution < 1.29 is 97.3 Å². The first-order chi connectivity index (χ1) is 52.2. The Morgan fingerprint density at radius 1 is 0.445 bits per heavy atom. The zero-order chi connectivity index (χ0) is 81.5. The molecule has 0 aromatic heterocycles. The van der Waals surface area contributed by atoms with Crippen LogP contribution in [0.15, 0.2) is 94.7 Å². The molecule has 4 aromatic carbocycles. The second kappa shape index (κ2) is 46.2. The van der Waals surface area contributed by atoms with Crippen LogP contribution in [0.1, 0.15) is 229 Å². The second-order valence-corrected chi connectivity index (χ2v) is 34.6. The number of anilines is 4. The minimum Gasteiger partial charge on any atom is -0.394 e. The van der Waals surface area contributed by atoms with E-state index in [1.165, 1.54) is 0 Å². The molecule has 16 N–H and O–H groups in total. The van der Waals surface area contributed by atoms with Crippen molar-refractivity contribution in [3.05, 3.63) is 107 Å². The highest BCUT2D eigenvalue weighted by Gasteiger charge is 2.51. The molecule has 110 heavy (non-hydrogen) atoms. The molecule has 4 aromatic rings. The smallest absolute Gasteiger partial charge is 0.251 e. The molecule has 0 saturated heterocycles. The highest BCUT2D eigenvalue weighted by atomic mass is 32.2. The topological polar surface area (TPSA) is 434 Å². The maximum absolute atomic E-state index is 14.0. The molecule has 2 heterocycles. The number of amides is 4. The van der Waals surface area contributed by atoms with Crippen LogP contribution in [0, 0.1) is 10.8 Å². The highest BCUT2D eigenvalue weighted by molar-refractivity contribution is 7.91. The Hall–Kier alpha value is -6.22. The third kappa shape index (κ3) is 27.0. The largest absolute Gasteiger partial charge is 0.394 e. The van der Waals surface area contributed by atoms with Crippen molar-refractivity contribution in [2.75, 3.05) is 86.4 Å². The van der Waals surface area contributed by atoms with E-state index in [-0.39, 0.29) is 46.2 Å². The molecule has 0 aliphatic carbocycles. The maximum Gasteiger partial charge on any atom is 0.251 e. The molecule has 28 heteroatoms. The van der Waals surface area contributed by atoms with Crippen molar-refractivity contribution in [3.63, 3.8) is 0 Å². The van der Waals surface area contributed by atoms with E-state index in [0.717, 1.165) is 138 Å². The first-order valence-corrected chi connectivity index (χ1v) is 43.0. The van der Waals surface area contributed by atoms with Gasteiger partial charge in [0.05, 0.1) is 46.7 Å². The van der Waals surface area contributed by atoms with Crippen molar-refractivity contribution in [1.82, 2.24) is 10.6 Å². The fourth-order valence-electron chi connectivity index (χ4n) is 15.0. The summed E-state index contributed by atoms with van der Waals surface area (Å²) in [5, 5.41) is 131. The fourth-order valence-corrected chi connectivity index (χ4v) is 19.5. The van der Waals surface area contributed by atoms with Gasteiger partial charge in [-0.05, 0) is 134 Å². The lowest BCUT2D eigenvalue weighted by atomic mass is 9.69. The molecule has 0 unspecified atom stereocenters. The van der Waals surface area contributed by atoms with Gasteiger partial charge in [-0.25, -0.2) is 16.8 Å². The Bertz CT molecular complexity index is 3480. The van der Waals surface area contributed by atoms with Crippen LogP contribution in [-0.2, 0) is 38.9 Å². The number of rotatable bonds is 46. The van der Waals surface area contributed by atoms with Crippen LogP contribution >= 0.6 is 0 Å². The predicted octanol–water partition coefficient (Wildman–Crippen LogP) is 7.24. The van der Waals surface area contributed by atoms with Crippen LogP contribution < -0.4 is 31.1 Å². The summed E-state index contributed by atoms with van der Waals surface area (Å²) in [6.45, 7) is 6.98. The number of hydrogen-bond donors (Lipinski definition) is 16. The molecule has 620 valence electrons. The van der Waals surface area contributed by atoms with Crippen LogP contribution in [0.25, 0.3) is 0 Å². The van der Waals surface area contributed by atoms with Gasteiger partial charge in [0.1, 0.15) is 36.6 Å². The van der Waals surface area contributed by atoms with Gasteiger partial charge in [0, 0.05) is 99.5 Å². The van der Waals surface area contributed by atoms with E-state index in [9.17, 15) is 87.1 Å². The third-order valence-electron chi connectivity index (χ3n) is 22.0. The van der Waals surface area contributed by atoms with Gasteiger partial charge in [0.15, 0.2) is 31.9 Å². The van der Waals surface area contributed by atoms with E-state index in [1.807, 2.05) is 113 Å². The van der Waals surface area contributed by atoms with Gasteiger partial charge in [-0.3, -0.25) is 19.2 Å². The number of carbonyl (C=O) groups excluding carboxylic acids is 4. The van der Waals surface area contributed by atoms with E-state index in [4.69, 9.17) is 10.2 Å². The maximum atomic E-state index is 14.0. The molecule has 2 aliphatic heterocycles. The summed E-state index contributed by atoms with van der Waals surface area (Å²) in [5.41, 5.74) is 3.87. The molecule has 4 amide bonds. The summed E-state index contributed by atoms with van der Waals surface area (Å²) in [6, 6.07) is 25.6. The van der Waals surface area contributed by atoms with Crippen LogP contribution in [0.5, 0.6) is 0 Å². The van der Waals surface area contributed by atoms with Crippen LogP contribution in [0.3, 0.4) is 0 Å².